The third-order valence-electron chi connectivity index (χ3n) is 2.76. The Morgan fingerprint density at radius 2 is 1.85 bits per heavy atom. The van der Waals surface area contributed by atoms with Crippen LogP contribution in [0.2, 0.25) is 5.02 Å². The second-order valence-corrected chi connectivity index (χ2v) is 4.59. The molecule has 0 radical (unpaired) electrons. The molecular formula is C15H12ClFO3. The summed E-state index contributed by atoms with van der Waals surface area (Å²) < 4.78 is 19.0. The monoisotopic (exact) mass is 294 g/mol. The number of aliphatic carboxylic acids is 1. The molecule has 0 amide bonds. The summed E-state index contributed by atoms with van der Waals surface area (Å²) in [4.78, 5) is 10.8. The summed E-state index contributed by atoms with van der Waals surface area (Å²) in [5.74, 6) is -1.50. The van der Waals surface area contributed by atoms with Gasteiger partial charge in [-0.15, -0.1) is 0 Å². The van der Waals surface area contributed by atoms with E-state index in [1.165, 1.54) is 12.1 Å². The number of halogens is 2. The topological polar surface area (TPSA) is 46.5 Å². The van der Waals surface area contributed by atoms with Gasteiger partial charge in [0.2, 0.25) is 0 Å². The molecule has 0 spiro atoms. The maximum Gasteiger partial charge on any atom is 0.307 e. The number of ether oxygens (including phenoxy) is 1. The fraction of sp³-hybridized carbons (Fsp3) is 0.133. The Kier molecular flexibility index (Phi) is 4.58. The van der Waals surface area contributed by atoms with E-state index in [1.54, 1.807) is 30.3 Å². The van der Waals surface area contributed by atoms with Crippen LogP contribution in [0, 0.1) is 5.82 Å². The molecule has 1 N–H and O–H groups in total. The van der Waals surface area contributed by atoms with E-state index >= 15 is 0 Å². The zero-order valence-electron chi connectivity index (χ0n) is 10.5. The number of carbonyl (C=O) groups is 1. The molecule has 0 aromatic heterocycles. The molecule has 0 atom stereocenters. The van der Waals surface area contributed by atoms with E-state index in [1.807, 2.05) is 0 Å². The third-order valence-corrected chi connectivity index (χ3v) is 3.05. The zero-order valence-corrected chi connectivity index (χ0v) is 11.2. The minimum Gasteiger partial charge on any atom is -0.486 e. The molecular weight excluding hydrogens is 283 g/mol. The first kappa shape index (κ1) is 14.3. The summed E-state index contributed by atoms with van der Waals surface area (Å²) >= 11 is 5.66. The van der Waals surface area contributed by atoms with Gasteiger partial charge in [-0.05, 0) is 23.3 Å². The Morgan fingerprint density at radius 3 is 2.55 bits per heavy atom. The zero-order chi connectivity index (χ0) is 14.5. The van der Waals surface area contributed by atoms with Crippen LogP contribution in [0.1, 0.15) is 11.1 Å². The number of rotatable bonds is 5. The van der Waals surface area contributed by atoms with Crippen molar-refractivity contribution in [1.29, 1.82) is 0 Å². The quantitative estimate of drug-likeness (QED) is 0.915. The number of carboxylic acids is 1. The second kappa shape index (κ2) is 6.39. The maximum absolute atomic E-state index is 13.7. The summed E-state index contributed by atoms with van der Waals surface area (Å²) in [6, 6.07) is 11.5. The summed E-state index contributed by atoms with van der Waals surface area (Å²) in [5.41, 5.74) is 1.34. The predicted octanol–water partition coefficient (Wildman–Crippen LogP) is 3.69. The average molecular weight is 295 g/mol. The van der Waals surface area contributed by atoms with Gasteiger partial charge in [0.25, 0.3) is 0 Å². The first-order valence-electron chi connectivity index (χ1n) is 5.93. The lowest BCUT2D eigenvalue weighted by Crippen LogP contribution is -2.06. The van der Waals surface area contributed by atoms with Crippen LogP contribution in [-0.4, -0.2) is 11.1 Å². The smallest absolute Gasteiger partial charge is 0.307 e. The van der Waals surface area contributed by atoms with Gasteiger partial charge in [-0.25, -0.2) is 4.39 Å². The van der Waals surface area contributed by atoms with Gasteiger partial charge in [0.15, 0.2) is 11.6 Å². The summed E-state index contributed by atoms with van der Waals surface area (Å²) in [5, 5.41) is 8.83. The fourth-order valence-electron chi connectivity index (χ4n) is 1.78. The van der Waals surface area contributed by atoms with Gasteiger partial charge in [-0.2, -0.15) is 0 Å². The van der Waals surface area contributed by atoms with Crippen molar-refractivity contribution >= 4 is 17.6 Å². The molecule has 3 nitrogen and oxygen atoms in total. The highest BCUT2D eigenvalue weighted by molar-refractivity contribution is 6.30. The SMILES string of the molecule is O=C(O)Cc1ccccc1COc1cccc(Cl)c1F. The Morgan fingerprint density at radius 1 is 1.15 bits per heavy atom. The molecule has 0 unspecified atom stereocenters. The highest BCUT2D eigenvalue weighted by Crippen LogP contribution is 2.25. The van der Waals surface area contributed by atoms with Crippen LogP contribution in [0.3, 0.4) is 0 Å². The normalized spacial score (nSPS) is 10.3. The van der Waals surface area contributed by atoms with Crippen molar-refractivity contribution in [2.75, 3.05) is 0 Å². The van der Waals surface area contributed by atoms with Crippen molar-refractivity contribution in [2.24, 2.45) is 0 Å². The van der Waals surface area contributed by atoms with E-state index in [0.29, 0.717) is 11.1 Å². The lowest BCUT2D eigenvalue weighted by molar-refractivity contribution is -0.136. The molecule has 0 fully saturated rings. The highest BCUT2D eigenvalue weighted by Gasteiger charge is 2.10. The molecule has 0 saturated carbocycles. The fourth-order valence-corrected chi connectivity index (χ4v) is 1.95. The number of hydrogen-bond donors (Lipinski definition) is 1. The van der Waals surface area contributed by atoms with E-state index in [2.05, 4.69) is 0 Å². The molecule has 20 heavy (non-hydrogen) atoms. The van der Waals surface area contributed by atoms with Gasteiger partial charge in [0, 0.05) is 0 Å². The van der Waals surface area contributed by atoms with Gasteiger partial charge >= 0.3 is 5.97 Å². The van der Waals surface area contributed by atoms with Gasteiger partial charge in [-0.1, -0.05) is 41.9 Å². The number of benzene rings is 2. The summed E-state index contributed by atoms with van der Waals surface area (Å²) in [6.45, 7) is 0.0840. The second-order valence-electron chi connectivity index (χ2n) is 4.18. The Balaban J connectivity index is 2.15. The van der Waals surface area contributed by atoms with Gasteiger partial charge in [0.1, 0.15) is 6.61 Å². The molecule has 0 aliphatic carbocycles. The molecule has 0 aliphatic rings. The van der Waals surface area contributed by atoms with E-state index in [-0.39, 0.29) is 23.8 Å². The first-order valence-corrected chi connectivity index (χ1v) is 6.31. The minimum atomic E-state index is -0.925. The molecule has 0 saturated heterocycles. The van der Waals surface area contributed by atoms with Crippen LogP contribution >= 0.6 is 11.6 Å². The highest BCUT2D eigenvalue weighted by atomic mass is 35.5. The Labute approximate surface area is 120 Å². The van der Waals surface area contributed by atoms with E-state index < -0.39 is 11.8 Å². The van der Waals surface area contributed by atoms with Gasteiger partial charge in [0.05, 0.1) is 11.4 Å². The van der Waals surface area contributed by atoms with Crippen LogP contribution in [0.15, 0.2) is 42.5 Å². The lowest BCUT2D eigenvalue weighted by Gasteiger charge is -2.11. The molecule has 0 bridgehead atoms. The Hall–Kier alpha value is -2.07. The third kappa shape index (κ3) is 3.48. The molecule has 2 aromatic rings. The lowest BCUT2D eigenvalue weighted by atomic mass is 10.1. The van der Waals surface area contributed by atoms with Crippen molar-refractivity contribution in [3.63, 3.8) is 0 Å². The Bertz CT molecular complexity index is 628. The van der Waals surface area contributed by atoms with Gasteiger partial charge in [-0.3, -0.25) is 4.79 Å². The number of hydrogen-bond acceptors (Lipinski definition) is 2. The van der Waals surface area contributed by atoms with Crippen molar-refractivity contribution in [3.05, 3.63) is 64.4 Å². The first-order chi connectivity index (χ1) is 9.58. The van der Waals surface area contributed by atoms with Crippen LogP contribution in [0.25, 0.3) is 0 Å². The average Bonchev–Trinajstić information content (AvgIpc) is 2.41. The molecule has 5 heteroatoms. The predicted molar refractivity (Wildman–Crippen MR) is 73.5 cm³/mol. The summed E-state index contributed by atoms with van der Waals surface area (Å²) in [7, 11) is 0. The van der Waals surface area contributed by atoms with Crippen LogP contribution in [0.5, 0.6) is 5.75 Å². The molecule has 104 valence electrons. The van der Waals surface area contributed by atoms with E-state index in [9.17, 15) is 9.18 Å². The number of carboxylic acid groups (broad SMARTS) is 1. The standard InChI is InChI=1S/C15H12ClFO3/c16-12-6-3-7-13(15(12)17)20-9-11-5-2-1-4-10(11)8-14(18)19/h1-7H,8-9H2,(H,18,19). The van der Waals surface area contributed by atoms with Crippen molar-refractivity contribution in [1.82, 2.24) is 0 Å². The van der Waals surface area contributed by atoms with Crippen LogP contribution < -0.4 is 4.74 Å². The molecule has 2 aromatic carbocycles. The van der Waals surface area contributed by atoms with Crippen molar-refractivity contribution in [2.45, 2.75) is 13.0 Å². The minimum absolute atomic E-state index is 0.0127. The molecule has 0 heterocycles. The van der Waals surface area contributed by atoms with E-state index in [0.717, 1.165) is 0 Å². The van der Waals surface area contributed by atoms with Gasteiger partial charge < -0.3 is 9.84 Å². The van der Waals surface area contributed by atoms with E-state index in [4.69, 9.17) is 21.4 Å². The largest absolute Gasteiger partial charge is 0.486 e. The molecule has 0 aliphatic heterocycles. The summed E-state index contributed by atoms with van der Waals surface area (Å²) in [6.07, 6.45) is -0.0996. The van der Waals surface area contributed by atoms with Crippen LogP contribution in [-0.2, 0) is 17.8 Å². The maximum atomic E-state index is 13.7. The van der Waals surface area contributed by atoms with Crippen LogP contribution in [0.4, 0.5) is 4.39 Å². The van der Waals surface area contributed by atoms with Crippen molar-refractivity contribution < 1.29 is 19.0 Å². The van der Waals surface area contributed by atoms with Crippen molar-refractivity contribution in [3.8, 4) is 5.75 Å². The molecule has 2 rings (SSSR count).